The Bertz CT molecular complexity index is 360. The Kier molecular flexibility index (Phi) is 5.27. The third kappa shape index (κ3) is 4.31. The van der Waals surface area contributed by atoms with E-state index >= 15 is 0 Å². The molecule has 2 heteroatoms. The summed E-state index contributed by atoms with van der Waals surface area (Å²) >= 11 is 2.01. The van der Waals surface area contributed by atoms with Crippen molar-refractivity contribution in [2.24, 2.45) is 0 Å². The number of hydrogen-bond acceptors (Lipinski definition) is 2. The third-order valence-electron chi connectivity index (χ3n) is 3.40. The first-order chi connectivity index (χ1) is 8.27. The van der Waals surface area contributed by atoms with E-state index in [9.17, 15) is 0 Å². The molecule has 0 aliphatic heterocycles. The topological polar surface area (TPSA) is 12.9 Å². The SMILES string of the molecule is CCSCCC(C)(C)c1ccc(C(C)(C)C)cn1. The van der Waals surface area contributed by atoms with Crippen molar-refractivity contribution in [3.63, 3.8) is 0 Å². The van der Waals surface area contributed by atoms with Gasteiger partial charge in [-0.1, -0.05) is 47.6 Å². The Morgan fingerprint density at radius 3 is 2.22 bits per heavy atom. The summed E-state index contributed by atoms with van der Waals surface area (Å²) in [4.78, 5) is 4.69. The molecule has 0 unspecified atom stereocenters. The summed E-state index contributed by atoms with van der Waals surface area (Å²) in [6, 6.07) is 4.44. The van der Waals surface area contributed by atoms with Gasteiger partial charge in [0, 0.05) is 17.3 Å². The highest BCUT2D eigenvalue weighted by Gasteiger charge is 2.22. The van der Waals surface area contributed by atoms with Crippen LogP contribution in [-0.2, 0) is 10.8 Å². The predicted molar refractivity (Wildman–Crippen MR) is 83.6 cm³/mol. The molecule has 1 heterocycles. The van der Waals surface area contributed by atoms with Crippen LogP contribution in [0.3, 0.4) is 0 Å². The molecule has 0 aliphatic carbocycles. The van der Waals surface area contributed by atoms with Gasteiger partial charge in [-0.05, 0) is 35.0 Å². The molecule has 0 bridgehead atoms. The molecule has 102 valence electrons. The highest BCUT2D eigenvalue weighted by Crippen LogP contribution is 2.29. The minimum Gasteiger partial charge on any atom is -0.260 e. The van der Waals surface area contributed by atoms with Crippen molar-refractivity contribution < 1.29 is 0 Å². The standard InChI is InChI=1S/C16H27NS/c1-7-18-11-10-16(5,6)14-9-8-13(12-17-14)15(2,3)4/h8-9,12H,7,10-11H2,1-6H3. The molecule has 0 aromatic carbocycles. The number of thioether (sulfide) groups is 1. The molecule has 0 N–H and O–H groups in total. The molecule has 0 amide bonds. The van der Waals surface area contributed by atoms with E-state index in [-0.39, 0.29) is 10.8 Å². The summed E-state index contributed by atoms with van der Waals surface area (Å²) < 4.78 is 0. The second kappa shape index (κ2) is 6.10. The summed E-state index contributed by atoms with van der Waals surface area (Å²) in [5, 5.41) is 0. The van der Waals surface area contributed by atoms with Gasteiger partial charge in [0.2, 0.25) is 0 Å². The lowest BCUT2D eigenvalue weighted by molar-refractivity contribution is 0.492. The Hall–Kier alpha value is -0.500. The zero-order valence-corrected chi connectivity index (χ0v) is 13.5. The van der Waals surface area contributed by atoms with E-state index in [0.29, 0.717) is 0 Å². The first-order valence-electron chi connectivity index (χ1n) is 6.82. The van der Waals surface area contributed by atoms with Crippen molar-refractivity contribution in [3.05, 3.63) is 29.6 Å². The minimum atomic E-state index is 0.179. The van der Waals surface area contributed by atoms with Gasteiger partial charge in [-0.15, -0.1) is 0 Å². The lowest BCUT2D eigenvalue weighted by Crippen LogP contribution is -2.21. The molecule has 0 fully saturated rings. The smallest absolute Gasteiger partial charge is 0.0460 e. The molecule has 0 saturated heterocycles. The second-order valence-corrected chi connectivity index (χ2v) is 7.91. The molecule has 18 heavy (non-hydrogen) atoms. The molecule has 0 radical (unpaired) electrons. The van der Waals surface area contributed by atoms with Gasteiger partial charge in [-0.25, -0.2) is 0 Å². The second-order valence-electron chi connectivity index (χ2n) is 6.51. The lowest BCUT2D eigenvalue weighted by Gasteiger charge is -2.25. The van der Waals surface area contributed by atoms with Gasteiger partial charge in [0.15, 0.2) is 0 Å². The first-order valence-corrected chi connectivity index (χ1v) is 7.97. The molecular formula is C16H27NS. The van der Waals surface area contributed by atoms with Crippen molar-refractivity contribution in [2.45, 2.75) is 58.8 Å². The average molecular weight is 265 g/mol. The van der Waals surface area contributed by atoms with E-state index in [1.165, 1.54) is 29.2 Å². The van der Waals surface area contributed by atoms with E-state index in [1.807, 2.05) is 18.0 Å². The van der Waals surface area contributed by atoms with Crippen LogP contribution in [0, 0.1) is 0 Å². The van der Waals surface area contributed by atoms with Crippen LogP contribution in [-0.4, -0.2) is 16.5 Å². The maximum atomic E-state index is 4.69. The van der Waals surface area contributed by atoms with Gasteiger partial charge in [-0.3, -0.25) is 4.98 Å². The highest BCUT2D eigenvalue weighted by atomic mass is 32.2. The fourth-order valence-electron chi connectivity index (χ4n) is 1.84. The van der Waals surface area contributed by atoms with Gasteiger partial charge < -0.3 is 0 Å². The van der Waals surface area contributed by atoms with Crippen LogP contribution < -0.4 is 0 Å². The quantitative estimate of drug-likeness (QED) is 0.709. The summed E-state index contributed by atoms with van der Waals surface area (Å²) in [5.74, 6) is 2.42. The third-order valence-corrected chi connectivity index (χ3v) is 4.30. The Morgan fingerprint density at radius 2 is 1.78 bits per heavy atom. The molecule has 0 aliphatic rings. The van der Waals surface area contributed by atoms with Crippen LogP contribution in [0.5, 0.6) is 0 Å². The Labute approximate surface area is 117 Å². The van der Waals surface area contributed by atoms with E-state index in [4.69, 9.17) is 0 Å². The normalized spacial score (nSPS) is 12.8. The van der Waals surface area contributed by atoms with Crippen molar-refractivity contribution in [3.8, 4) is 0 Å². The molecule has 1 rings (SSSR count). The largest absolute Gasteiger partial charge is 0.260 e. The van der Waals surface area contributed by atoms with Gasteiger partial charge in [0.25, 0.3) is 0 Å². The average Bonchev–Trinajstić information content (AvgIpc) is 2.28. The summed E-state index contributed by atoms with van der Waals surface area (Å²) in [6.45, 7) is 13.5. The van der Waals surface area contributed by atoms with E-state index in [2.05, 4.69) is 58.7 Å². The summed E-state index contributed by atoms with van der Waals surface area (Å²) in [6.07, 6.45) is 3.23. The zero-order valence-electron chi connectivity index (χ0n) is 12.7. The van der Waals surface area contributed by atoms with Crippen molar-refractivity contribution in [2.75, 3.05) is 11.5 Å². The fourth-order valence-corrected chi connectivity index (χ4v) is 2.78. The number of pyridine rings is 1. The molecule has 1 nitrogen and oxygen atoms in total. The van der Waals surface area contributed by atoms with Crippen LogP contribution in [0.25, 0.3) is 0 Å². The van der Waals surface area contributed by atoms with E-state index < -0.39 is 0 Å². The van der Waals surface area contributed by atoms with E-state index in [1.54, 1.807) is 0 Å². The van der Waals surface area contributed by atoms with Crippen molar-refractivity contribution in [1.82, 2.24) is 4.98 Å². The van der Waals surface area contributed by atoms with Crippen LogP contribution in [0.15, 0.2) is 18.3 Å². The lowest BCUT2D eigenvalue weighted by atomic mass is 9.83. The monoisotopic (exact) mass is 265 g/mol. The number of aromatic nitrogens is 1. The Morgan fingerprint density at radius 1 is 1.11 bits per heavy atom. The zero-order chi connectivity index (χ0) is 13.8. The summed E-state index contributed by atoms with van der Waals surface area (Å²) in [5.41, 5.74) is 2.89. The molecule has 1 aromatic heterocycles. The van der Waals surface area contributed by atoms with Crippen molar-refractivity contribution in [1.29, 1.82) is 0 Å². The van der Waals surface area contributed by atoms with Crippen LogP contribution in [0.2, 0.25) is 0 Å². The van der Waals surface area contributed by atoms with Crippen LogP contribution in [0.4, 0.5) is 0 Å². The van der Waals surface area contributed by atoms with Gasteiger partial charge >= 0.3 is 0 Å². The molecular weight excluding hydrogens is 238 g/mol. The molecule has 0 spiro atoms. The molecule has 1 aromatic rings. The maximum Gasteiger partial charge on any atom is 0.0460 e. The van der Waals surface area contributed by atoms with Gasteiger partial charge in [-0.2, -0.15) is 11.8 Å². The summed E-state index contributed by atoms with van der Waals surface area (Å²) in [7, 11) is 0. The van der Waals surface area contributed by atoms with Crippen molar-refractivity contribution >= 4 is 11.8 Å². The first kappa shape index (κ1) is 15.6. The predicted octanol–water partition coefficient (Wildman–Crippen LogP) is 4.80. The fraction of sp³-hybridized carbons (Fsp3) is 0.688. The number of rotatable bonds is 5. The molecule has 0 atom stereocenters. The minimum absolute atomic E-state index is 0.179. The van der Waals surface area contributed by atoms with Gasteiger partial charge in [0.05, 0.1) is 0 Å². The Balaban J connectivity index is 2.77. The molecule has 0 saturated carbocycles. The van der Waals surface area contributed by atoms with Crippen LogP contribution >= 0.6 is 11.8 Å². The highest BCUT2D eigenvalue weighted by molar-refractivity contribution is 7.99. The maximum absolute atomic E-state index is 4.69. The van der Waals surface area contributed by atoms with Crippen LogP contribution in [0.1, 0.15) is 59.2 Å². The number of nitrogens with zero attached hydrogens (tertiary/aromatic N) is 1. The van der Waals surface area contributed by atoms with Gasteiger partial charge in [0.1, 0.15) is 0 Å². The number of hydrogen-bond donors (Lipinski definition) is 0. The van der Waals surface area contributed by atoms with E-state index in [0.717, 1.165) is 0 Å².